The van der Waals surface area contributed by atoms with Gasteiger partial charge in [-0.05, 0) is 54.8 Å². The van der Waals surface area contributed by atoms with Gasteiger partial charge in [-0.15, -0.1) is 5.10 Å². The summed E-state index contributed by atoms with van der Waals surface area (Å²) in [5.41, 5.74) is 1.76. The van der Waals surface area contributed by atoms with E-state index in [1.165, 1.54) is 11.8 Å². The molecule has 0 unspecified atom stereocenters. The van der Waals surface area contributed by atoms with Crippen molar-refractivity contribution < 1.29 is 19.1 Å². The molecular weight excluding hydrogens is 394 g/mol. The quantitative estimate of drug-likeness (QED) is 0.495. The highest BCUT2D eigenvalue weighted by Gasteiger charge is 2.29. The number of piperidine rings is 1. The molecule has 1 aromatic carbocycles. The second-order valence-corrected chi connectivity index (χ2v) is 7.71. The summed E-state index contributed by atoms with van der Waals surface area (Å²) in [5.74, 6) is 0.302. The van der Waals surface area contributed by atoms with Crippen LogP contribution in [0.1, 0.15) is 25.3 Å². The molecule has 0 saturated carbocycles. The molecule has 1 aliphatic rings. The van der Waals surface area contributed by atoms with E-state index >= 15 is 0 Å². The smallest absolute Gasteiger partial charge is 0.310 e. The number of carbonyl (C=O) groups excluding carboxylic acids is 2. The van der Waals surface area contributed by atoms with Crippen molar-refractivity contribution >= 4 is 23.6 Å². The minimum Gasteiger partial charge on any atom is -0.494 e. The maximum atomic E-state index is 12.7. The van der Waals surface area contributed by atoms with E-state index in [0.717, 1.165) is 18.4 Å². The Labute approximate surface area is 173 Å². The largest absolute Gasteiger partial charge is 0.494 e. The van der Waals surface area contributed by atoms with Crippen LogP contribution in [0.15, 0.2) is 23.4 Å². The van der Waals surface area contributed by atoms with E-state index in [0.29, 0.717) is 36.3 Å². The fourth-order valence-corrected chi connectivity index (χ4v) is 4.05. The van der Waals surface area contributed by atoms with Crippen LogP contribution < -0.4 is 4.74 Å². The van der Waals surface area contributed by atoms with Crippen molar-refractivity contribution in [3.05, 3.63) is 23.8 Å². The summed E-state index contributed by atoms with van der Waals surface area (Å²) in [7, 11) is 1.59. The fourth-order valence-electron chi connectivity index (χ4n) is 3.26. The second kappa shape index (κ2) is 9.73. The summed E-state index contributed by atoms with van der Waals surface area (Å²) >= 11 is 1.26. The van der Waals surface area contributed by atoms with Crippen LogP contribution in [0.3, 0.4) is 0 Å². The van der Waals surface area contributed by atoms with E-state index in [4.69, 9.17) is 9.47 Å². The first-order valence-corrected chi connectivity index (χ1v) is 10.5. The molecule has 3 rings (SSSR count). The van der Waals surface area contributed by atoms with Crippen LogP contribution in [-0.4, -0.2) is 69.5 Å². The number of amides is 1. The standard InChI is InChI=1S/C19H25N5O4S/c1-4-28-18(26)14-6-5-9-23(11-14)17(25)12-29-19-20-21-22-24(19)15-10-13(2)7-8-16(15)27-3/h7-8,10,14H,4-6,9,11-12H2,1-3H3/t14-/m0/s1. The Morgan fingerprint density at radius 1 is 1.34 bits per heavy atom. The summed E-state index contributed by atoms with van der Waals surface area (Å²) in [6.07, 6.45) is 1.54. The number of rotatable bonds is 7. The number of esters is 1. The van der Waals surface area contributed by atoms with Gasteiger partial charge in [0.1, 0.15) is 11.4 Å². The van der Waals surface area contributed by atoms with E-state index in [1.54, 1.807) is 23.6 Å². The van der Waals surface area contributed by atoms with Crippen LogP contribution in [0.2, 0.25) is 0 Å². The topological polar surface area (TPSA) is 99.4 Å². The van der Waals surface area contributed by atoms with Gasteiger partial charge in [0.15, 0.2) is 0 Å². The summed E-state index contributed by atoms with van der Waals surface area (Å²) in [5, 5.41) is 12.3. The Hall–Kier alpha value is -2.62. The van der Waals surface area contributed by atoms with Gasteiger partial charge >= 0.3 is 5.97 Å². The van der Waals surface area contributed by atoms with Crippen molar-refractivity contribution in [1.82, 2.24) is 25.1 Å². The van der Waals surface area contributed by atoms with E-state index in [-0.39, 0.29) is 23.5 Å². The van der Waals surface area contributed by atoms with Crippen molar-refractivity contribution in [2.75, 3.05) is 32.6 Å². The number of likely N-dealkylation sites (tertiary alicyclic amines) is 1. The number of carbonyl (C=O) groups is 2. The van der Waals surface area contributed by atoms with Crippen LogP contribution in [0.5, 0.6) is 5.75 Å². The highest BCUT2D eigenvalue weighted by molar-refractivity contribution is 7.99. The molecule has 1 fully saturated rings. The molecule has 10 heteroatoms. The molecule has 0 N–H and O–H groups in total. The zero-order chi connectivity index (χ0) is 20.8. The second-order valence-electron chi connectivity index (χ2n) is 6.77. The molecule has 9 nitrogen and oxygen atoms in total. The average molecular weight is 420 g/mol. The van der Waals surface area contributed by atoms with Crippen molar-refractivity contribution in [2.45, 2.75) is 31.8 Å². The van der Waals surface area contributed by atoms with E-state index < -0.39 is 0 Å². The first kappa shape index (κ1) is 21.1. The van der Waals surface area contributed by atoms with Gasteiger partial charge < -0.3 is 14.4 Å². The number of methoxy groups -OCH3 is 1. The van der Waals surface area contributed by atoms with Crippen LogP contribution >= 0.6 is 11.8 Å². The minimum atomic E-state index is -0.250. The first-order valence-electron chi connectivity index (χ1n) is 9.54. The van der Waals surface area contributed by atoms with Crippen LogP contribution in [-0.2, 0) is 14.3 Å². The van der Waals surface area contributed by atoms with Gasteiger partial charge in [0.2, 0.25) is 11.1 Å². The predicted octanol–water partition coefficient (Wildman–Crippen LogP) is 1.87. The Balaban J connectivity index is 1.66. The van der Waals surface area contributed by atoms with Gasteiger partial charge in [0.05, 0.1) is 25.4 Å². The maximum Gasteiger partial charge on any atom is 0.310 e. The van der Waals surface area contributed by atoms with Crippen molar-refractivity contribution in [3.8, 4) is 11.4 Å². The molecule has 29 heavy (non-hydrogen) atoms. The molecule has 0 radical (unpaired) electrons. The number of aromatic nitrogens is 4. The highest BCUT2D eigenvalue weighted by atomic mass is 32.2. The molecule has 1 saturated heterocycles. The molecule has 2 aromatic rings. The van der Waals surface area contributed by atoms with E-state index in [2.05, 4.69) is 15.5 Å². The monoisotopic (exact) mass is 419 g/mol. The summed E-state index contributed by atoms with van der Waals surface area (Å²) in [6, 6.07) is 5.73. The summed E-state index contributed by atoms with van der Waals surface area (Å²) < 4.78 is 12.1. The van der Waals surface area contributed by atoms with Crippen LogP contribution in [0.25, 0.3) is 5.69 Å². The number of aryl methyl sites for hydroxylation is 1. The Kier molecular flexibility index (Phi) is 7.08. The average Bonchev–Trinajstić information content (AvgIpc) is 3.20. The Morgan fingerprint density at radius 2 is 2.17 bits per heavy atom. The Morgan fingerprint density at radius 3 is 2.93 bits per heavy atom. The van der Waals surface area contributed by atoms with Gasteiger partial charge in [-0.2, -0.15) is 4.68 Å². The fraction of sp³-hybridized carbons (Fsp3) is 0.526. The molecule has 2 heterocycles. The molecule has 0 bridgehead atoms. The highest BCUT2D eigenvalue weighted by Crippen LogP contribution is 2.27. The third-order valence-corrected chi connectivity index (χ3v) is 5.63. The number of benzene rings is 1. The van der Waals surface area contributed by atoms with Gasteiger partial charge in [-0.25, -0.2) is 0 Å². The molecule has 0 aliphatic carbocycles. The van der Waals surface area contributed by atoms with E-state index in [9.17, 15) is 9.59 Å². The zero-order valence-corrected chi connectivity index (χ0v) is 17.6. The molecular formula is C19H25N5O4S. The lowest BCUT2D eigenvalue weighted by molar-refractivity contribution is -0.151. The SMILES string of the molecule is CCOC(=O)[C@H]1CCCN(C(=O)CSc2nnnn2-c2cc(C)ccc2OC)C1. The first-order chi connectivity index (χ1) is 14.0. The lowest BCUT2D eigenvalue weighted by Crippen LogP contribution is -2.43. The van der Waals surface area contributed by atoms with E-state index in [1.807, 2.05) is 25.1 Å². The predicted molar refractivity (Wildman–Crippen MR) is 107 cm³/mol. The lowest BCUT2D eigenvalue weighted by Gasteiger charge is -2.31. The minimum absolute atomic E-state index is 0.0465. The Bertz CT molecular complexity index is 872. The molecule has 156 valence electrons. The maximum absolute atomic E-state index is 12.7. The number of thioether (sulfide) groups is 1. The van der Waals surface area contributed by atoms with Crippen LogP contribution in [0, 0.1) is 12.8 Å². The molecule has 1 atom stereocenters. The normalized spacial score (nSPS) is 16.5. The summed E-state index contributed by atoms with van der Waals surface area (Å²) in [6.45, 7) is 5.15. The van der Waals surface area contributed by atoms with Gasteiger partial charge in [0.25, 0.3) is 0 Å². The molecule has 1 aliphatic heterocycles. The lowest BCUT2D eigenvalue weighted by atomic mass is 9.98. The molecule has 1 amide bonds. The van der Waals surface area contributed by atoms with Crippen molar-refractivity contribution in [1.29, 1.82) is 0 Å². The van der Waals surface area contributed by atoms with Gasteiger partial charge in [-0.1, -0.05) is 17.8 Å². The van der Waals surface area contributed by atoms with Crippen molar-refractivity contribution in [3.63, 3.8) is 0 Å². The van der Waals surface area contributed by atoms with Crippen molar-refractivity contribution in [2.24, 2.45) is 5.92 Å². The summed E-state index contributed by atoms with van der Waals surface area (Å²) in [4.78, 5) is 26.4. The zero-order valence-electron chi connectivity index (χ0n) is 16.8. The van der Waals surface area contributed by atoms with Gasteiger partial charge in [0, 0.05) is 13.1 Å². The third kappa shape index (κ3) is 5.06. The number of tetrazole rings is 1. The number of nitrogens with zero attached hydrogens (tertiary/aromatic N) is 5. The number of ether oxygens (including phenoxy) is 2. The van der Waals surface area contributed by atoms with Crippen LogP contribution in [0.4, 0.5) is 0 Å². The third-order valence-electron chi connectivity index (χ3n) is 4.72. The number of hydrogen-bond donors (Lipinski definition) is 0. The van der Waals surface area contributed by atoms with Gasteiger partial charge in [-0.3, -0.25) is 9.59 Å². The number of hydrogen-bond acceptors (Lipinski definition) is 8. The molecule has 1 aromatic heterocycles. The molecule has 0 spiro atoms.